The largest absolute Gasteiger partial charge is 0.478 e. The smallest absolute Gasteiger partial charge is 0.338 e. The number of rotatable bonds is 4. The van der Waals surface area contributed by atoms with E-state index in [0.717, 1.165) is 5.39 Å². The van der Waals surface area contributed by atoms with E-state index in [-0.39, 0.29) is 16.7 Å². The van der Waals surface area contributed by atoms with E-state index in [1.807, 2.05) is 6.07 Å². The summed E-state index contributed by atoms with van der Waals surface area (Å²) >= 11 is 3.13. The van der Waals surface area contributed by atoms with E-state index in [1.54, 1.807) is 43.3 Å². The zero-order chi connectivity index (χ0) is 14.9. The van der Waals surface area contributed by atoms with Crippen LogP contribution in [0.25, 0.3) is 10.8 Å². The van der Waals surface area contributed by atoms with Gasteiger partial charge in [-0.1, -0.05) is 34.1 Å². The van der Waals surface area contributed by atoms with Gasteiger partial charge in [0.15, 0.2) is 5.78 Å². The van der Waals surface area contributed by atoms with Crippen molar-refractivity contribution in [2.24, 2.45) is 0 Å². The topological polar surface area (TPSA) is 57.6 Å². The number of carboxylic acid groups (broad SMARTS) is 1. The number of carbonyl (C=O) groups is 2. The third-order valence-electron chi connectivity index (χ3n) is 3.14. The lowest BCUT2D eigenvalue weighted by molar-refractivity contribution is 0.0699. The Balaban J connectivity index is 2.73. The molecular formula is C15H14BrNO3. The predicted octanol–water partition coefficient (Wildman–Crippen LogP) is 3.18. The van der Waals surface area contributed by atoms with Crippen molar-refractivity contribution < 1.29 is 14.7 Å². The summed E-state index contributed by atoms with van der Waals surface area (Å²) < 4.78 is 0. The molecule has 0 fully saturated rings. The number of carboxylic acids is 1. The highest BCUT2D eigenvalue weighted by Crippen LogP contribution is 2.29. The van der Waals surface area contributed by atoms with E-state index in [2.05, 4.69) is 15.9 Å². The Kier molecular flexibility index (Phi) is 4.09. The maximum Gasteiger partial charge on any atom is 0.338 e. The molecule has 5 heteroatoms. The van der Waals surface area contributed by atoms with E-state index in [1.165, 1.54) is 0 Å². The van der Waals surface area contributed by atoms with Crippen LogP contribution >= 0.6 is 15.9 Å². The number of anilines is 1. The molecule has 1 N–H and O–H groups in total. The first-order chi connectivity index (χ1) is 9.45. The Morgan fingerprint density at radius 2 is 1.90 bits per heavy atom. The number of Topliss-reactive ketones (excluding diaryl/α,β-unsaturated/α-hetero) is 1. The number of hydrogen-bond acceptors (Lipinski definition) is 3. The molecule has 2 aromatic rings. The summed E-state index contributed by atoms with van der Waals surface area (Å²) in [7, 11) is 3.60. The zero-order valence-electron chi connectivity index (χ0n) is 11.2. The number of nitrogens with zero attached hydrogens (tertiary/aromatic N) is 1. The molecule has 2 aromatic carbocycles. The molecule has 2 rings (SSSR count). The van der Waals surface area contributed by atoms with Crippen LogP contribution in [0.2, 0.25) is 0 Å². The van der Waals surface area contributed by atoms with Gasteiger partial charge in [0.05, 0.1) is 16.6 Å². The molecule has 0 heterocycles. The van der Waals surface area contributed by atoms with Crippen LogP contribution < -0.4 is 4.90 Å². The summed E-state index contributed by atoms with van der Waals surface area (Å²) in [5.41, 5.74) is 1.47. The number of aromatic carboxylic acids is 1. The number of alkyl halides is 1. The van der Waals surface area contributed by atoms with Crippen molar-refractivity contribution in [2.45, 2.75) is 0 Å². The lowest BCUT2D eigenvalue weighted by Crippen LogP contribution is -2.14. The van der Waals surface area contributed by atoms with Gasteiger partial charge in [-0.15, -0.1) is 0 Å². The molecule has 0 aromatic heterocycles. The van der Waals surface area contributed by atoms with Gasteiger partial charge < -0.3 is 10.0 Å². The minimum Gasteiger partial charge on any atom is -0.478 e. The molecular weight excluding hydrogens is 322 g/mol. The summed E-state index contributed by atoms with van der Waals surface area (Å²) in [6.45, 7) is 0. The molecule has 0 amide bonds. The minimum absolute atomic E-state index is 0.0274. The van der Waals surface area contributed by atoms with Crippen LogP contribution in [0.15, 0.2) is 30.3 Å². The first-order valence-corrected chi connectivity index (χ1v) is 7.14. The third-order valence-corrected chi connectivity index (χ3v) is 3.65. The molecule has 0 atom stereocenters. The van der Waals surface area contributed by atoms with Gasteiger partial charge in [-0.3, -0.25) is 4.79 Å². The maximum atomic E-state index is 11.7. The summed E-state index contributed by atoms with van der Waals surface area (Å²) in [5.74, 6) is -1.00. The van der Waals surface area contributed by atoms with E-state index in [0.29, 0.717) is 16.6 Å². The second-order valence-corrected chi connectivity index (χ2v) is 5.21. The second kappa shape index (κ2) is 5.63. The number of fused-ring (bicyclic) bond motifs is 1. The summed E-state index contributed by atoms with van der Waals surface area (Å²) in [6, 6.07) is 8.68. The molecule has 0 unspecified atom stereocenters. The SMILES string of the molecule is CN(C)c1ccc2cc(C(=O)CBr)ccc2c1C(=O)O. The fourth-order valence-electron chi connectivity index (χ4n) is 2.17. The Hall–Kier alpha value is -1.88. The van der Waals surface area contributed by atoms with Gasteiger partial charge in [0.2, 0.25) is 0 Å². The molecule has 0 aliphatic carbocycles. The van der Waals surface area contributed by atoms with Crippen molar-refractivity contribution in [3.8, 4) is 0 Å². The van der Waals surface area contributed by atoms with Crippen molar-refractivity contribution >= 4 is 44.1 Å². The Morgan fingerprint density at radius 3 is 2.45 bits per heavy atom. The van der Waals surface area contributed by atoms with Gasteiger partial charge >= 0.3 is 5.97 Å². The first kappa shape index (κ1) is 14.5. The van der Waals surface area contributed by atoms with Crippen LogP contribution in [0.4, 0.5) is 5.69 Å². The molecule has 20 heavy (non-hydrogen) atoms. The molecule has 0 radical (unpaired) electrons. The quantitative estimate of drug-likeness (QED) is 0.688. The van der Waals surface area contributed by atoms with Crippen molar-refractivity contribution in [3.05, 3.63) is 41.5 Å². The van der Waals surface area contributed by atoms with E-state index in [9.17, 15) is 14.7 Å². The predicted molar refractivity (Wildman–Crippen MR) is 83.4 cm³/mol. The summed E-state index contributed by atoms with van der Waals surface area (Å²) in [4.78, 5) is 25.0. The molecule has 0 bridgehead atoms. The van der Waals surface area contributed by atoms with Gasteiger partial charge in [-0.2, -0.15) is 0 Å². The number of carbonyl (C=O) groups excluding carboxylic acids is 1. The van der Waals surface area contributed by atoms with Gasteiger partial charge in [-0.25, -0.2) is 4.79 Å². The molecule has 0 saturated carbocycles. The van der Waals surface area contributed by atoms with Gasteiger partial charge in [-0.05, 0) is 22.9 Å². The van der Waals surface area contributed by atoms with Gasteiger partial charge in [0.25, 0.3) is 0 Å². The fourth-order valence-corrected chi connectivity index (χ4v) is 2.49. The Bertz CT molecular complexity index is 695. The first-order valence-electron chi connectivity index (χ1n) is 6.02. The van der Waals surface area contributed by atoms with E-state index >= 15 is 0 Å². The Labute approximate surface area is 125 Å². The average Bonchev–Trinajstić information content (AvgIpc) is 2.44. The average molecular weight is 336 g/mol. The molecule has 0 aliphatic heterocycles. The lowest BCUT2D eigenvalue weighted by Gasteiger charge is -2.17. The maximum absolute atomic E-state index is 11.7. The Morgan fingerprint density at radius 1 is 1.20 bits per heavy atom. The van der Waals surface area contributed by atoms with Crippen molar-refractivity contribution in [2.75, 3.05) is 24.3 Å². The third kappa shape index (κ3) is 2.54. The molecule has 0 saturated heterocycles. The summed E-state index contributed by atoms with van der Waals surface area (Å²) in [5, 5.41) is 11.1. The zero-order valence-corrected chi connectivity index (χ0v) is 12.8. The van der Waals surface area contributed by atoms with Crippen LogP contribution in [-0.2, 0) is 0 Å². The van der Waals surface area contributed by atoms with Crippen LogP contribution in [0.5, 0.6) is 0 Å². The number of hydrogen-bond donors (Lipinski definition) is 1. The highest BCUT2D eigenvalue weighted by molar-refractivity contribution is 9.09. The van der Waals surface area contributed by atoms with Gasteiger partial charge in [0, 0.05) is 19.7 Å². The van der Waals surface area contributed by atoms with Crippen molar-refractivity contribution in [3.63, 3.8) is 0 Å². The number of benzene rings is 2. The van der Waals surface area contributed by atoms with Crippen LogP contribution in [0.3, 0.4) is 0 Å². The van der Waals surface area contributed by atoms with Crippen LogP contribution in [-0.4, -0.2) is 36.3 Å². The van der Waals surface area contributed by atoms with Crippen molar-refractivity contribution in [1.82, 2.24) is 0 Å². The van der Waals surface area contributed by atoms with Crippen LogP contribution in [0, 0.1) is 0 Å². The second-order valence-electron chi connectivity index (χ2n) is 4.65. The number of ketones is 1. The van der Waals surface area contributed by atoms with Crippen LogP contribution in [0.1, 0.15) is 20.7 Å². The normalized spacial score (nSPS) is 10.6. The molecule has 0 aliphatic rings. The van der Waals surface area contributed by atoms with Crippen molar-refractivity contribution in [1.29, 1.82) is 0 Å². The highest BCUT2D eigenvalue weighted by Gasteiger charge is 2.16. The fraction of sp³-hybridized carbons (Fsp3) is 0.200. The minimum atomic E-state index is -0.973. The molecule has 104 valence electrons. The summed E-state index contributed by atoms with van der Waals surface area (Å²) in [6.07, 6.45) is 0. The number of halogens is 1. The molecule has 4 nitrogen and oxygen atoms in total. The molecule has 0 spiro atoms. The van der Waals surface area contributed by atoms with E-state index < -0.39 is 5.97 Å². The van der Waals surface area contributed by atoms with Gasteiger partial charge in [0.1, 0.15) is 0 Å². The highest BCUT2D eigenvalue weighted by atomic mass is 79.9. The lowest BCUT2D eigenvalue weighted by atomic mass is 9.99. The monoisotopic (exact) mass is 335 g/mol. The standard InChI is InChI=1S/C15H14BrNO3/c1-17(2)12-6-4-9-7-10(13(18)8-16)3-5-11(9)14(12)15(19)20/h3-7H,8H2,1-2H3,(H,19,20). The van der Waals surface area contributed by atoms with E-state index in [4.69, 9.17) is 0 Å².